The van der Waals surface area contributed by atoms with E-state index in [0.29, 0.717) is 11.8 Å². The van der Waals surface area contributed by atoms with E-state index in [1.54, 1.807) is 0 Å². The fourth-order valence-corrected chi connectivity index (χ4v) is 1.71. The summed E-state index contributed by atoms with van der Waals surface area (Å²) in [6.45, 7) is 6.34. The minimum atomic E-state index is 0.0788. The van der Waals surface area contributed by atoms with Crippen LogP contribution in [0.2, 0.25) is 0 Å². The van der Waals surface area contributed by atoms with Crippen molar-refractivity contribution in [3.63, 3.8) is 0 Å². The highest BCUT2D eigenvalue weighted by molar-refractivity contribution is 4.96. The van der Waals surface area contributed by atoms with Crippen molar-refractivity contribution in [2.45, 2.75) is 58.4 Å². The predicted molar refractivity (Wildman–Crippen MR) is 58.2 cm³/mol. The Balaban J connectivity index is 2.72. The third kappa shape index (κ3) is 3.30. The molecule has 0 aromatic carbocycles. The van der Waals surface area contributed by atoms with E-state index in [1.807, 2.05) is 6.92 Å². The molecule has 0 unspecified atom stereocenters. The normalized spacial score (nSPS) is 13.4. The van der Waals surface area contributed by atoms with Gasteiger partial charge in [0.2, 0.25) is 0 Å². The first-order valence-electron chi connectivity index (χ1n) is 5.85. The number of quaternary nitrogens is 1. The first-order valence-corrected chi connectivity index (χ1v) is 5.85. The van der Waals surface area contributed by atoms with E-state index < -0.39 is 0 Å². The molecule has 0 fully saturated rings. The van der Waals surface area contributed by atoms with E-state index in [2.05, 4.69) is 29.7 Å². The average molecular weight is 212 g/mol. The molecule has 4 nitrogen and oxygen atoms in total. The second-order valence-corrected chi connectivity index (χ2v) is 4.17. The topological polar surface area (TPSA) is 66.6 Å². The van der Waals surface area contributed by atoms with Gasteiger partial charge in [0, 0.05) is 5.92 Å². The maximum Gasteiger partial charge on any atom is 0.284 e. The molecule has 15 heavy (non-hydrogen) atoms. The van der Waals surface area contributed by atoms with Crippen LogP contribution in [0.1, 0.15) is 70.1 Å². The summed E-state index contributed by atoms with van der Waals surface area (Å²) in [6.07, 6.45) is 4.60. The number of hydrogen-bond donors (Lipinski definition) is 1. The zero-order chi connectivity index (χ0) is 11.3. The summed E-state index contributed by atoms with van der Waals surface area (Å²) in [5, 5.41) is 4.05. The lowest BCUT2D eigenvalue weighted by atomic mass is 9.98. The van der Waals surface area contributed by atoms with Crippen LogP contribution in [0, 0.1) is 0 Å². The molecule has 0 bridgehead atoms. The molecule has 1 heterocycles. The minimum absolute atomic E-state index is 0.0788. The number of hydrogen-bond acceptors (Lipinski definition) is 3. The highest BCUT2D eigenvalue weighted by Crippen LogP contribution is 2.24. The standard InChI is InChI=1S/C11H21N3O/c1-4-6-9(7-5-2)10-13-11(8(3)12)15-14-10/h8-9H,4-7,12H2,1-3H3/p+1/t8-/m0/s1. The molecule has 0 aliphatic heterocycles. The van der Waals surface area contributed by atoms with Gasteiger partial charge in [0.1, 0.15) is 0 Å². The smallest absolute Gasteiger partial charge is 0.284 e. The van der Waals surface area contributed by atoms with Crippen LogP contribution in [0.4, 0.5) is 0 Å². The van der Waals surface area contributed by atoms with E-state index in [0.717, 1.165) is 31.5 Å². The van der Waals surface area contributed by atoms with E-state index >= 15 is 0 Å². The SMILES string of the molecule is CCCC(CCC)c1noc([C@H](C)[NH3+])n1. The molecule has 86 valence electrons. The Morgan fingerprint density at radius 1 is 1.27 bits per heavy atom. The van der Waals surface area contributed by atoms with Crippen LogP contribution in [-0.2, 0) is 0 Å². The molecule has 1 atom stereocenters. The zero-order valence-corrected chi connectivity index (χ0v) is 9.99. The Hall–Kier alpha value is -0.900. The summed E-state index contributed by atoms with van der Waals surface area (Å²) in [5.41, 5.74) is 3.88. The molecule has 1 aromatic rings. The fourth-order valence-electron chi connectivity index (χ4n) is 1.71. The summed E-state index contributed by atoms with van der Waals surface area (Å²) in [7, 11) is 0. The molecular weight excluding hydrogens is 190 g/mol. The van der Waals surface area contributed by atoms with Gasteiger partial charge in [-0.15, -0.1) is 0 Å². The quantitative estimate of drug-likeness (QED) is 0.784. The van der Waals surface area contributed by atoms with Gasteiger partial charge >= 0.3 is 0 Å². The Morgan fingerprint density at radius 2 is 1.87 bits per heavy atom. The Labute approximate surface area is 91.2 Å². The molecular formula is C11H22N3O+. The Bertz CT molecular complexity index is 277. The summed E-state index contributed by atoms with van der Waals surface area (Å²) in [6, 6.07) is 0.0788. The second-order valence-electron chi connectivity index (χ2n) is 4.17. The monoisotopic (exact) mass is 212 g/mol. The van der Waals surface area contributed by atoms with Crippen molar-refractivity contribution >= 4 is 0 Å². The number of aromatic nitrogens is 2. The lowest BCUT2D eigenvalue weighted by Crippen LogP contribution is -2.51. The van der Waals surface area contributed by atoms with Gasteiger partial charge in [0.15, 0.2) is 11.9 Å². The molecule has 0 aliphatic carbocycles. The minimum Gasteiger partial charge on any atom is -0.348 e. The van der Waals surface area contributed by atoms with Crippen molar-refractivity contribution in [3.05, 3.63) is 11.7 Å². The predicted octanol–water partition coefficient (Wildman–Crippen LogP) is 2.06. The summed E-state index contributed by atoms with van der Waals surface area (Å²) in [5.74, 6) is 1.97. The maximum absolute atomic E-state index is 5.18. The molecule has 4 heteroatoms. The van der Waals surface area contributed by atoms with Crippen LogP contribution in [0.15, 0.2) is 4.52 Å². The van der Waals surface area contributed by atoms with Gasteiger partial charge in [-0.1, -0.05) is 31.8 Å². The highest BCUT2D eigenvalue weighted by atomic mass is 16.5. The lowest BCUT2D eigenvalue weighted by Gasteiger charge is -2.09. The van der Waals surface area contributed by atoms with Crippen LogP contribution < -0.4 is 5.73 Å². The maximum atomic E-state index is 5.18. The molecule has 0 saturated carbocycles. The van der Waals surface area contributed by atoms with Crippen molar-refractivity contribution in [2.24, 2.45) is 0 Å². The van der Waals surface area contributed by atoms with Gasteiger partial charge in [-0.3, -0.25) is 0 Å². The third-order valence-corrected chi connectivity index (χ3v) is 2.52. The van der Waals surface area contributed by atoms with Crippen LogP contribution in [0.3, 0.4) is 0 Å². The van der Waals surface area contributed by atoms with E-state index in [1.165, 1.54) is 0 Å². The Kier molecular flexibility index (Phi) is 4.75. The van der Waals surface area contributed by atoms with Crippen molar-refractivity contribution in [1.29, 1.82) is 0 Å². The van der Waals surface area contributed by atoms with Crippen molar-refractivity contribution in [3.8, 4) is 0 Å². The van der Waals surface area contributed by atoms with Gasteiger partial charge in [-0.25, -0.2) is 0 Å². The molecule has 0 radical (unpaired) electrons. The number of rotatable bonds is 6. The van der Waals surface area contributed by atoms with E-state index in [9.17, 15) is 0 Å². The molecule has 1 rings (SSSR count). The molecule has 0 aliphatic rings. The molecule has 0 spiro atoms. The Morgan fingerprint density at radius 3 is 2.27 bits per heavy atom. The van der Waals surface area contributed by atoms with Crippen molar-refractivity contribution in [1.82, 2.24) is 10.1 Å². The highest BCUT2D eigenvalue weighted by Gasteiger charge is 2.19. The molecule has 1 aromatic heterocycles. The van der Waals surface area contributed by atoms with Crippen molar-refractivity contribution in [2.75, 3.05) is 0 Å². The second kappa shape index (κ2) is 5.85. The zero-order valence-electron chi connectivity index (χ0n) is 9.99. The van der Waals surface area contributed by atoms with Crippen LogP contribution in [0.25, 0.3) is 0 Å². The van der Waals surface area contributed by atoms with Gasteiger partial charge in [-0.2, -0.15) is 4.98 Å². The van der Waals surface area contributed by atoms with Crippen LogP contribution in [-0.4, -0.2) is 10.1 Å². The third-order valence-electron chi connectivity index (χ3n) is 2.52. The van der Waals surface area contributed by atoms with Gasteiger partial charge < -0.3 is 10.3 Å². The van der Waals surface area contributed by atoms with Gasteiger partial charge in [0.25, 0.3) is 5.89 Å². The van der Waals surface area contributed by atoms with Crippen LogP contribution >= 0.6 is 0 Å². The largest absolute Gasteiger partial charge is 0.348 e. The molecule has 0 amide bonds. The average Bonchev–Trinajstić information content (AvgIpc) is 2.66. The van der Waals surface area contributed by atoms with E-state index in [4.69, 9.17) is 4.52 Å². The van der Waals surface area contributed by atoms with Crippen LogP contribution in [0.5, 0.6) is 0 Å². The summed E-state index contributed by atoms with van der Waals surface area (Å²) < 4.78 is 5.18. The fraction of sp³-hybridized carbons (Fsp3) is 0.818. The summed E-state index contributed by atoms with van der Waals surface area (Å²) in [4.78, 5) is 4.41. The van der Waals surface area contributed by atoms with Gasteiger partial charge in [0.05, 0.1) is 0 Å². The first-order chi connectivity index (χ1) is 7.19. The molecule has 3 N–H and O–H groups in total. The number of nitrogens with zero attached hydrogens (tertiary/aromatic N) is 2. The summed E-state index contributed by atoms with van der Waals surface area (Å²) >= 11 is 0. The van der Waals surface area contributed by atoms with E-state index in [-0.39, 0.29) is 6.04 Å². The van der Waals surface area contributed by atoms with Gasteiger partial charge in [-0.05, 0) is 19.8 Å². The molecule has 0 saturated heterocycles. The first kappa shape index (κ1) is 12.2. The lowest BCUT2D eigenvalue weighted by molar-refractivity contribution is -0.425. The van der Waals surface area contributed by atoms with Crippen molar-refractivity contribution < 1.29 is 10.3 Å².